The largest absolute Gasteiger partial charge is 0.491 e. The molecule has 0 unspecified atom stereocenters. The highest BCUT2D eigenvalue weighted by molar-refractivity contribution is 14.0. The van der Waals surface area contributed by atoms with Crippen molar-refractivity contribution < 1.29 is 13.9 Å². The van der Waals surface area contributed by atoms with Gasteiger partial charge in [0.2, 0.25) is 0 Å². The number of amides is 1. The van der Waals surface area contributed by atoms with Crippen LogP contribution in [0.4, 0.5) is 0 Å². The summed E-state index contributed by atoms with van der Waals surface area (Å²) in [6.07, 6.45) is 2.61. The van der Waals surface area contributed by atoms with Crippen LogP contribution in [0.3, 0.4) is 0 Å². The van der Waals surface area contributed by atoms with E-state index >= 15 is 0 Å². The average molecular weight is 526 g/mol. The van der Waals surface area contributed by atoms with Crippen molar-refractivity contribution >= 4 is 35.8 Å². The second-order valence-corrected chi connectivity index (χ2v) is 7.29. The number of aliphatic imine (C=N–C) groups is 1. The summed E-state index contributed by atoms with van der Waals surface area (Å²) in [5.41, 5.74) is 1.25. The van der Waals surface area contributed by atoms with Crippen LogP contribution in [0.25, 0.3) is 0 Å². The molecule has 1 aliphatic rings. The molecule has 30 heavy (non-hydrogen) atoms. The Bertz CT molecular complexity index is 798. The Morgan fingerprint density at radius 3 is 2.37 bits per heavy atom. The van der Waals surface area contributed by atoms with Crippen LogP contribution in [0.1, 0.15) is 30.0 Å². The first kappa shape index (κ1) is 24.0. The van der Waals surface area contributed by atoms with Gasteiger partial charge in [0.1, 0.15) is 5.75 Å². The zero-order valence-corrected chi connectivity index (χ0v) is 20.2. The molecule has 0 aliphatic carbocycles. The summed E-state index contributed by atoms with van der Waals surface area (Å²) in [4.78, 5) is 20.8. The summed E-state index contributed by atoms with van der Waals surface area (Å²) in [7, 11) is 1.79. The van der Waals surface area contributed by atoms with Gasteiger partial charge in [-0.3, -0.25) is 9.79 Å². The maximum Gasteiger partial charge on any atom is 0.289 e. The predicted octanol–water partition coefficient (Wildman–Crippen LogP) is 3.26. The Hall–Kier alpha value is -2.23. The number of ether oxygens (including phenoxy) is 1. The van der Waals surface area contributed by atoms with Crippen LogP contribution in [0, 0.1) is 0 Å². The van der Waals surface area contributed by atoms with Crippen molar-refractivity contribution in [2.45, 2.75) is 26.4 Å². The van der Waals surface area contributed by atoms with Crippen LogP contribution < -0.4 is 10.1 Å². The molecule has 0 atom stereocenters. The van der Waals surface area contributed by atoms with E-state index in [9.17, 15) is 4.79 Å². The molecule has 8 heteroatoms. The van der Waals surface area contributed by atoms with E-state index in [1.165, 1.54) is 11.8 Å². The van der Waals surface area contributed by atoms with Crippen LogP contribution >= 0.6 is 24.0 Å². The molecule has 0 saturated carbocycles. The Morgan fingerprint density at radius 2 is 1.80 bits per heavy atom. The number of nitrogens with one attached hydrogen (secondary N) is 1. The molecule has 1 fully saturated rings. The molecule has 1 saturated heterocycles. The van der Waals surface area contributed by atoms with Crippen molar-refractivity contribution in [2.24, 2.45) is 4.99 Å². The van der Waals surface area contributed by atoms with Crippen LogP contribution in [0.5, 0.6) is 5.75 Å². The molecule has 164 valence electrons. The van der Waals surface area contributed by atoms with Gasteiger partial charge in [0.25, 0.3) is 5.91 Å². The fourth-order valence-corrected chi connectivity index (χ4v) is 3.34. The first-order chi connectivity index (χ1) is 14.1. The number of carbonyl (C=O) groups excluding carboxylic acids is 1. The summed E-state index contributed by atoms with van der Waals surface area (Å²) < 4.78 is 10.9. The van der Waals surface area contributed by atoms with E-state index in [4.69, 9.17) is 9.15 Å². The molecule has 0 spiro atoms. The number of benzene rings is 1. The number of furan rings is 1. The lowest BCUT2D eigenvalue weighted by molar-refractivity contribution is 0.0658. The van der Waals surface area contributed by atoms with Gasteiger partial charge in [0.05, 0.1) is 12.4 Å². The Kier molecular flexibility index (Phi) is 9.48. The van der Waals surface area contributed by atoms with E-state index in [1.807, 2.05) is 30.9 Å². The fourth-order valence-electron chi connectivity index (χ4n) is 3.34. The zero-order chi connectivity index (χ0) is 20.6. The number of nitrogens with zero attached hydrogens (tertiary/aromatic N) is 3. The highest BCUT2D eigenvalue weighted by Gasteiger charge is 2.25. The van der Waals surface area contributed by atoms with Crippen LogP contribution in [0.15, 0.2) is 52.1 Å². The zero-order valence-electron chi connectivity index (χ0n) is 17.8. The average Bonchev–Trinajstić information content (AvgIpc) is 3.27. The van der Waals surface area contributed by atoms with E-state index in [0.29, 0.717) is 18.8 Å². The second-order valence-electron chi connectivity index (χ2n) is 7.29. The van der Waals surface area contributed by atoms with Gasteiger partial charge >= 0.3 is 0 Å². The van der Waals surface area contributed by atoms with Gasteiger partial charge in [0.15, 0.2) is 11.7 Å². The summed E-state index contributed by atoms with van der Waals surface area (Å²) >= 11 is 0. The van der Waals surface area contributed by atoms with E-state index in [-0.39, 0.29) is 36.0 Å². The van der Waals surface area contributed by atoms with E-state index in [1.54, 1.807) is 19.2 Å². The minimum atomic E-state index is -0.0533. The lowest BCUT2D eigenvalue weighted by Gasteiger charge is -2.36. The molecular formula is C22H31IN4O3. The predicted molar refractivity (Wildman–Crippen MR) is 129 cm³/mol. The van der Waals surface area contributed by atoms with Crippen molar-refractivity contribution in [1.29, 1.82) is 0 Å². The number of rotatable bonds is 6. The molecule has 1 aromatic carbocycles. The van der Waals surface area contributed by atoms with Crippen LogP contribution in [-0.2, 0) is 6.42 Å². The number of halogens is 1. The number of piperazine rings is 1. The summed E-state index contributed by atoms with van der Waals surface area (Å²) in [6.45, 7) is 7.63. The van der Waals surface area contributed by atoms with Gasteiger partial charge in [0, 0.05) is 39.8 Å². The lowest BCUT2D eigenvalue weighted by atomic mass is 10.1. The topological polar surface area (TPSA) is 70.3 Å². The smallest absolute Gasteiger partial charge is 0.289 e. The normalized spacial score (nSPS) is 14.5. The second kappa shape index (κ2) is 11.8. The van der Waals surface area contributed by atoms with Gasteiger partial charge < -0.3 is 24.3 Å². The quantitative estimate of drug-likeness (QED) is 0.356. The molecule has 2 aromatic rings. The third-order valence-corrected chi connectivity index (χ3v) is 4.80. The van der Waals surface area contributed by atoms with Crippen molar-refractivity contribution in [2.75, 3.05) is 39.8 Å². The first-order valence-corrected chi connectivity index (χ1v) is 10.1. The van der Waals surface area contributed by atoms with Gasteiger partial charge in [-0.1, -0.05) is 12.1 Å². The number of carbonyl (C=O) groups is 1. The van der Waals surface area contributed by atoms with Crippen LogP contribution in [-0.4, -0.2) is 67.5 Å². The highest BCUT2D eigenvalue weighted by atomic mass is 127. The molecular weight excluding hydrogens is 495 g/mol. The number of guanidine groups is 1. The molecule has 0 radical (unpaired) electrons. The van der Waals surface area contributed by atoms with Gasteiger partial charge in [-0.05, 0) is 50.1 Å². The Balaban J connectivity index is 0.00000320. The van der Waals surface area contributed by atoms with E-state index < -0.39 is 0 Å². The molecule has 1 aromatic heterocycles. The molecule has 3 rings (SSSR count). The first-order valence-electron chi connectivity index (χ1n) is 10.1. The standard InChI is InChI=1S/C22H30N4O3.HI/c1-17(2)29-19-8-6-18(7-9-19)10-11-24-22(23-3)26-14-12-25(13-15-26)21(27)20-5-4-16-28-20;/h4-9,16-17H,10-15H2,1-3H3,(H,23,24);1H. The maximum absolute atomic E-state index is 12.4. The summed E-state index contributed by atoms with van der Waals surface area (Å²) in [6, 6.07) is 11.7. The summed E-state index contributed by atoms with van der Waals surface area (Å²) in [5.74, 6) is 2.11. The number of hydrogen-bond donors (Lipinski definition) is 1. The van der Waals surface area contributed by atoms with Crippen molar-refractivity contribution in [3.8, 4) is 5.75 Å². The van der Waals surface area contributed by atoms with Gasteiger partial charge in [-0.15, -0.1) is 24.0 Å². The van der Waals surface area contributed by atoms with Crippen molar-refractivity contribution in [3.05, 3.63) is 54.0 Å². The molecule has 1 amide bonds. The van der Waals surface area contributed by atoms with Crippen molar-refractivity contribution in [3.63, 3.8) is 0 Å². The van der Waals surface area contributed by atoms with E-state index in [0.717, 1.165) is 37.8 Å². The molecule has 1 aliphatic heterocycles. The monoisotopic (exact) mass is 526 g/mol. The van der Waals surface area contributed by atoms with Crippen molar-refractivity contribution in [1.82, 2.24) is 15.1 Å². The summed E-state index contributed by atoms with van der Waals surface area (Å²) in [5, 5.41) is 3.43. The molecule has 1 N–H and O–H groups in total. The SMILES string of the molecule is CN=C(NCCc1ccc(OC(C)C)cc1)N1CCN(C(=O)c2ccco2)CC1.I. The molecule has 0 bridgehead atoms. The Labute approximate surface area is 195 Å². The van der Waals surface area contributed by atoms with Gasteiger partial charge in [-0.2, -0.15) is 0 Å². The maximum atomic E-state index is 12.4. The number of hydrogen-bond acceptors (Lipinski definition) is 4. The lowest BCUT2D eigenvalue weighted by Crippen LogP contribution is -2.53. The Morgan fingerprint density at radius 1 is 1.13 bits per heavy atom. The molecule has 7 nitrogen and oxygen atoms in total. The third kappa shape index (κ3) is 6.65. The van der Waals surface area contributed by atoms with Crippen LogP contribution in [0.2, 0.25) is 0 Å². The third-order valence-electron chi connectivity index (χ3n) is 4.80. The molecule has 2 heterocycles. The minimum Gasteiger partial charge on any atom is -0.491 e. The van der Waals surface area contributed by atoms with Gasteiger partial charge in [-0.25, -0.2) is 0 Å². The highest BCUT2D eigenvalue weighted by Crippen LogP contribution is 2.14. The van der Waals surface area contributed by atoms with E-state index in [2.05, 4.69) is 27.3 Å². The fraction of sp³-hybridized carbons (Fsp3) is 0.455. The minimum absolute atomic E-state index is 0.